The highest BCUT2D eigenvalue weighted by atomic mass is 19.1. The second kappa shape index (κ2) is 5.90. The van der Waals surface area contributed by atoms with E-state index in [1.165, 1.54) is 13.0 Å². The van der Waals surface area contributed by atoms with Crippen LogP contribution in [0.25, 0.3) is 0 Å². The highest BCUT2D eigenvalue weighted by Crippen LogP contribution is 2.25. The van der Waals surface area contributed by atoms with Gasteiger partial charge in [-0.05, 0) is 31.0 Å². The summed E-state index contributed by atoms with van der Waals surface area (Å²) >= 11 is 0. The van der Waals surface area contributed by atoms with E-state index >= 15 is 0 Å². The van der Waals surface area contributed by atoms with Crippen molar-refractivity contribution in [3.8, 4) is 0 Å². The van der Waals surface area contributed by atoms with Crippen LogP contribution < -0.4 is 10.6 Å². The minimum atomic E-state index is -1.04. The summed E-state index contributed by atoms with van der Waals surface area (Å²) in [7, 11) is 0. The van der Waals surface area contributed by atoms with E-state index in [9.17, 15) is 18.8 Å². The number of carbonyl (C=O) groups excluding carboxylic acids is 2. The Bertz CT molecular complexity index is 615. The summed E-state index contributed by atoms with van der Waals surface area (Å²) < 4.78 is 13.9. The zero-order chi connectivity index (χ0) is 15.6. The van der Waals surface area contributed by atoms with Crippen LogP contribution in [0.4, 0.5) is 10.1 Å². The Morgan fingerprint density at radius 3 is 2.81 bits per heavy atom. The standard InChI is InChI=1S/C14H15FN2O4/c1-7(4-13(19)20)16-14(21)9-5-8-2-3-12(18)17-11(8)6-10(9)15/h5-7H,2-4H2,1H3,(H,16,21)(H,17,18)(H,19,20). The molecule has 0 radical (unpaired) electrons. The van der Waals surface area contributed by atoms with E-state index in [0.717, 1.165) is 6.07 Å². The van der Waals surface area contributed by atoms with Gasteiger partial charge < -0.3 is 15.7 Å². The molecule has 2 amide bonds. The molecule has 0 aliphatic carbocycles. The molecule has 0 spiro atoms. The number of fused-ring (bicyclic) bond motifs is 1. The fourth-order valence-electron chi connectivity index (χ4n) is 2.19. The Kier molecular flexibility index (Phi) is 4.21. The molecule has 1 aromatic rings. The van der Waals surface area contributed by atoms with E-state index in [1.807, 2.05) is 0 Å². The zero-order valence-corrected chi connectivity index (χ0v) is 11.4. The third kappa shape index (κ3) is 3.56. The quantitative estimate of drug-likeness (QED) is 0.780. The van der Waals surface area contributed by atoms with Crippen LogP contribution in [-0.2, 0) is 16.0 Å². The summed E-state index contributed by atoms with van der Waals surface area (Å²) in [6, 6.07) is 1.90. The maximum atomic E-state index is 13.9. The molecule has 21 heavy (non-hydrogen) atoms. The highest BCUT2D eigenvalue weighted by molar-refractivity contribution is 5.98. The minimum Gasteiger partial charge on any atom is -0.481 e. The van der Waals surface area contributed by atoms with Gasteiger partial charge in [0.25, 0.3) is 5.91 Å². The van der Waals surface area contributed by atoms with Crippen LogP contribution >= 0.6 is 0 Å². The number of halogens is 1. The van der Waals surface area contributed by atoms with E-state index in [1.54, 1.807) is 0 Å². The van der Waals surface area contributed by atoms with Crippen LogP contribution in [0.5, 0.6) is 0 Å². The summed E-state index contributed by atoms with van der Waals surface area (Å²) in [5.74, 6) is -2.65. The van der Waals surface area contributed by atoms with Crippen LogP contribution in [0.15, 0.2) is 12.1 Å². The van der Waals surface area contributed by atoms with Crippen LogP contribution in [0.3, 0.4) is 0 Å². The fourth-order valence-corrected chi connectivity index (χ4v) is 2.19. The lowest BCUT2D eigenvalue weighted by atomic mass is 9.99. The number of amides is 2. The molecule has 112 valence electrons. The lowest BCUT2D eigenvalue weighted by molar-refractivity contribution is -0.137. The normalized spacial score (nSPS) is 14.9. The molecule has 0 fully saturated rings. The number of hydrogen-bond donors (Lipinski definition) is 3. The number of aliphatic carboxylic acids is 1. The highest BCUT2D eigenvalue weighted by Gasteiger charge is 2.21. The number of carboxylic acid groups (broad SMARTS) is 1. The van der Waals surface area contributed by atoms with Gasteiger partial charge in [-0.15, -0.1) is 0 Å². The van der Waals surface area contributed by atoms with Gasteiger partial charge in [0.2, 0.25) is 5.91 Å². The Balaban J connectivity index is 2.18. The first kappa shape index (κ1) is 15.0. The third-order valence-corrected chi connectivity index (χ3v) is 3.19. The fraction of sp³-hybridized carbons (Fsp3) is 0.357. The molecule has 1 atom stereocenters. The van der Waals surface area contributed by atoms with E-state index in [-0.39, 0.29) is 24.3 Å². The molecule has 0 aromatic heterocycles. The molecule has 7 heteroatoms. The van der Waals surface area contributed by atoms with Crippen molar-refractivity contribution in [2.75, 3.05) is 5.32 Å². The van der Waals surface area contributed by atoms with Crippen LogP contribution in [0, 0.1) is 5.82 Å². The molecule has 2 rings (SSSR count). The van der Waals surface area contributed by atoms with Crippen LogP contribution in [-0.4, -0.2) is 28.9 Å². The maximum absolute atomic E-state index is 13.9. The Morgan fingerprint density at radius 2 is 2.14 bits per heavy atom. The first-order valence-corrected chi connectivity index (χ1v) is 6.51. The summed E-state index contributed by atoms with van der Waals surface area (Å²) in [6.45, 7) is 1.53. The van der Waals surface area contributed by atoms with Gasteiger partial charge in [0.15, 0.2) is 0 Å². The van der Waals surface area contributed by atoms with Crippen molar-refractivity contribution in [3.63, 3.8) is 0 Å². The molecule has 1 aliphatic heterocycles. The van der Waals surface area contributed by atoms with Crippen LogP contribution in [0.1, 0.15) is 35.7 Å². The monoisotopic (exact) mass is 294 g/mol. The topological polar surface area (TPSA) is 95.5 Å². The lowest BCUT2D eigenvalue weighted by Gasteiger charge is -2.19. The van der Waals surface area contributed by atoms with E-state index < -0.39 is 23.7 Å². The van der Waals surface area contributed by atoms with Gasteiger partial charge in [0.1, 0.15) is 5.82 Å². The minimum absolute atomic E-state index is 0.151. The van der Waals surface area contributed by atoms with Crippen molar-refractivity contribution in [2.45, 2.75) is 32.2 Å². The summed E-state index contributed by atoms with van der Waals surface area (Å²) in [4.78, 5) is 33.8. The average molecular weight is 294 g/mol. The van der Waals surface area contributed by atoms with Crippen molar-refractivity contribution in [1.29, 1.82) is 0 Å². The molecular weight excluding hydrogens is 279 g/mol. The first-order valence-electron chi connectivity index (χ1n) is 6.51. The molecule has 1 aliphatic rings. The molecule has 1 aromatic carbocycles. The number of aryl methyl sites for hydroxylation is 1. The summed E-state index contributed by atoms with van der Waals surface area (Å²) in [5, 5.41) is 13.6. The maximum Gasteiger partial charge on any atom is 0.305 e. The summed E-state index contributed by atoms with van der Waals surface area (Å²) in [6.07, 6.45) is 0.482. The van der Waals surface area contributed by atoms with E-state index in [2.05, 4.69) is 10.6 Å². The predicted molar refractivity (Wildman–Crippen MR) is 72.5 cm³/mol. The Labute approximate surface area is 120 Å². The molecule has 3 N–H and O–H groups in total. The third-order valence-electron chi connectivity index (χ3n) is 3.19. The molecule has 6 nitrogen and oxygen atoms in total. The number of nitrogens with one attached hydrogen (secondary N) is 2. The molecule has 1 heterocycles. The van der Waals surface area contributed by atoms with Gasteiger partial charge in [-0.2, -0.15) is 0 Å². The first-order chi connectivity index (χ1) is 9.86. The smallest absolute Gasteiger partial charge is 0.305 e. The van der Waals surface area contributed by atoms with Crippen molar-refractivity contribution >= 4 is 23.5 Å². The Morgan fingerprint density at radius 1 is 1.43 bits per heavy atom. The molecular formula is C14H15FN2O4. The molecule has 0 bridgehead atoms. The van der Waals surface area contributed by atoms with E-state index in [0.29, 0.717) is 17.7 Å². The SMILES string of the molecule is CC(CC(=O)O)NC(=O)c1cc2c(cc1F)NC(=O)CC2. The van der Waals surface area contributed by atoms with Crippen molar-refractivity contribution in [2.24, 2.45) is 0 Å². The van der Waals surface area contributed by atoms with Gasteiger partial charge in [-0.25, -0.2) is 4.39 Å². The second-order valence-electron chi connectivity index (χ2n) is 5.01. The van der Waals surface area contributed by atoms with Gasteiger partial charge in [-0.1, -0.05) is 0 Å². The number of rotatable bonds is 4. The lowest BCUT2D eigenvalue weighted by Crippen LogP contribution is -2.35. The summed E-state index contributed by atoms with van der Waals surface area (Å²) in [5.41, 5.74) is 0.910. The number of carbonyl (C=O) groups is 3. The van der Waals surface area contributed by atoms with Crippen LogP contribution in [0.2, 0.25) is 0 Å². The largest absolute Gasteiger partial charge is 0.481 e. The molecule has 0 saturated heterocycles. The number of anilines is 1. The van der Waals surface area contributed by atoms with Gasteiger partial charge in [0.05, 0.1) is 12.0 Å². The number of hydrogen-bond acceptors (Lipinski definition) is 3. The van der Waals surface area contributed by atoms with E-state index in [4.69, 9.17) is 5.11 Å². The molecule has 1 unspecified atom stereocenters. The van der Waals surface area contributed by atoms with Gasteiger partial charge >= 0.3 is 5.97 Å². The Hall–Kier alpha value is -2.44. The number of benzene rings is 1. The van der Waals surface area contributed by atoms with Crippen molar-refractivity contribution in [1.82, 2.24) is 5.32 Å². The molecule has 0 saturated carbocycles. The van der Waals surface area contributed by atoms with Crippen molar-refractivity contribution in [3.05, 3.63) is 29.1 Å². The average Bonchev–Trinajstić information content (AvgIpc) is 2.36. The second-order valence-corrected chi connectivity index (χ2v) is 5.01. The van der Waals surface area contributed by atoms with Gasteiger partial charge in [-0.3, -0.25) is 14.4 Å². The van der Waals surface area contributed by atoms with Crippen molar-refractivity contribution < 1.29 is 23.9 Å². The van der Waals surface area contributed by atoms with Gasteiger partial charge in [0, 0.05) is 18.2 Å². The number of carboxylic acids is 1. The predicted octanol–water partition coefficient (Wildman–Crippen LogP) is 1.30. The zero-order valence-electron chi connectivity index (χ0n) is 11.4.